The van der Waals surface area contributed by atoms with Crippen LogP contribution >= 0.6 is 0 Å². The largest absolute Gasteiger partial charge is 0 e. The van der Waals surface area contributed by atoms with Gasteiger partial charge in [-0.05, 0) is 71.3 Å². The number of halogens is 1. The molecule has 345 valence electrons. The first kappa shape index (κ1) is 47.1. The molecule has 68 heavy (non-hydrogen) atoms. The van der Waals surface area contributed by atoms with Crippen LogP contribution in [-0.4, -0.2) is 32.8 Å². The quantitative estimate of drug-likeness (QED) is 0.107. The topological polar surface area (TPSA) is 56.7 Å². The van der Waals surface area contributed by atoms with E-state index in [2.05, 4.69) is 157 Å². The Labute approximate surface area is 418 Å². The van der Waals surface area contributed by atoms with E-state index < -0.39 is 19.2 Å². The number of hydrogen-bond acceptors (Lipinski definition) is 4. The fourth-order valence-corrected chi connectivity index (χ4v) is 12.3. The first-order chi connectivity index (χ1) is 32.5. The van der Waals surface area contributed by atoms with Crippen molar-refractivity contribution in [1.82, 2.24) is 19.5 Å². The number of aryl methyl sites for hydroxylation is 1. The number of aromatic nitrogens is 4. The fraction of sp³-hybridized carbons (Fsp3) is 0.217. The third-order valence-electron chi connectivity index (χ3n) is 12.5. The molecule has 10 rings (SSSR count). The van der Waals surface area contributed by atoms with Gasteiger partial charge in [0.05, 0.1) is 22.4 Å². The van der Waals surface area contributed by atoms with Gasteiger partial charge >= 0.3 is 160 Å². The summed E-state index contributed by atoms with van der Waals surface area (Å²) in [5, 5.41) is 2.01. The summed E-state index contributed by atoms with van der Waals surface area (Å²) in [7, 11) is 0. The molecule has 8 heteroatoms. The molecule has 0 unspecified atom stereocenters. The fourth-order valence-electron chi connectivity index (χ4n) is 8.93. The van der Waals surface area contributed by atoms with Crippen LogP contribution in [0.4, 0.5) is 4.39 Å². The standard InChI is InChI=1S/C37H32N3O.C23H25FGeN.Ir/c1-22(2)30-19-27(25-11-7-6-8-12-25)20-31(23(3)4)35(30)40-33-14-10-9-13-32(33)39-36(40)26-16-18-28-29-17-15-24(5)38-37(29)41-34(28)21-26;1-16(2)19-14-23(26-15-22(19)25(3,4)5)18-11-12-21(24)20(13-18)17-9-7-6-8-10-17;/h6-20,22-23H,1-5H3;6-10,12-16H,1-5H3;/q2*-1;/i;16D;. The third-order valence-corrected chi connectivity index (χ3v) is 16.7. The molecule has 0 aliphatic heterocycles. The van der Waals surface area contributed by atoms with Crippen LogP contribution in [0.15, 0.2) is 150 Å². The van der Waals surface area contributed by atoms with E-state index in [1.807, 2.05) is 69.4 Å². The van der Waals surface area contributed by atoms with E-state index in [0.717, 1.165) is 61.3 Å². The van der Waals surface area contributed by atoms with Crippen molar-refractivity contribution in [2.24, 2.45) is 0 Å². The maximum atomic E-state index is 14.4. The molecule has 4 heterocycles. The second-order valence-corrected chi connectivity index (χ2v) is 29.9. The van der Waals surface area contributed by atoms with Crippen molar-refractivity contribution in [2.45, 2.75) is 83.5 Å². The number of pyridine rings is 2. The molecule has 0 fully saturated rings. The maximum Gasteiger partial charge on any atom is 0 e. The third kappa shape index (κ3) is 9.67. The zero-order valence-electron chi connectivity index (χ0n) is 41.4. The maximum absolute atomic E-state index is 14.4. The summed E-state index contributed by atoms with van der Waals surface area (Å²) < 4.78 is 32.8. The summed E-state index contributed by atoms with van der Waals surface area (Å²) in [6.45, 7) is 14.9. The average Bonchev–Trinajstić information content (AvgIpc) is 3.89. The Morgan fingerprint density at radius 2 is 1.31 bits per heavy atom. The van der Waals surface area contributed by atoms with Crippen LogP contribution < -0.4 is 4.40 Å². The summed E-state index contributed by atoms with van der Waals surface area (Å²) >= 11 is -2.17. The Hall–Kier alpha value is -5.99. The molecule has 1 radical (unpaired) electrons. The zero-order valence-corrected chi connectivity index (χ0v) is 44.9. The molecule has 10 aromatic rings. The molecule has 5 nitrogen and oxygen atoms in total. The number of benzene rings is 6. The Balaban J connectivity index is 0.000000200. The minimum Gasteiger partial charge on any atom is 0 e. The van der Waals surface area contributed by atoms with E-state index in [0.29, 0.717) is 28.7 Å². The van der Waals surface area contributed by atoms with Crippen molar-refractivity contribution in [3.8, 4) is 50.6 Å². The van der Waals surface area contributed by atoms with Gasteiger partial charge in [-0.3, -0.25) is 4.98 Å². The van der Waals surface area contributed by atoms with Gasteiger partial charge in [-0.15, -0.1) is 17.7 Å². The van der Waals surface area contributed by atoms with E-state index >= 15 is 0 Å². The monoisotopic (exact) mass is 1140 g/mol. The molecule has 0 bridgehead atoms. The molecule has 0 spiro atoms. The van der Waals surface area contributed by atoms with Crippen molar-refractivity contribution >= 4 is 50.8 Å². The van der Waals surface area contributed by atoms with Gasteiger partial charge in [0.2, 0.25) is 5.71 Å². The van der Waals surface area contributed by atoms with Crippen molar-refractivity contribution in [3.63, 3.8) is 0 Å². The Morgan fingerprint density at radius 3 is 1.96 bits per heavy atom. The molecule has 0 saturated carbocycles. The van der Waals surface area contributed by atoms with Crippen molar-refractivity contribution in [2.75, 3.05) is 0 Å². The van der Waals surface area contributed by atoms with E-state index in [9.17, 15) is 4.39 Å². The predicted molar refractivity (Wildman–Crippen MR) is 280 cm³/mol. The van der Waals surface area contributed by atoms with Crippen molar-refractivity contribution in [3.05, 3.63) is 186 Å². The molecule has 0 saturated heterocycles. The molecular formula is C60H57FGeIrN4O-2. The first-order valence-electron chi connectivity index (χ1n) is 23.7. The molecule has 6 aromatic carbocycles. The molecular weight excluding hydrogens is 1080 g/mol. The van der Waals surface area contributed by atoms with E-state index in [1.54, 1.807) is 6.07 Å². The van der Waals surface area contributed by atoms with Crippen LogP contribution in [-0.2, 0) is 20.1 Å². The van der Waals surface area contributed by atoms with Crippen LogP contribution in [0, 0.1) is 24.9 Å². The smallest absolute Gasteiger partial charge is 0 e. The SMILES string of the molecule is Cc1ccc2c(n1)oc1[c-]c(-c3nc4ccccc4n3-c3c(C(C)C)cc(-c4ccccc4)cc3C(C)C)ccc12.[2H]C(C)(C)c1cc(-c2[c-]cc(F)c(-c3ccccc3)c2)nc[c]1[Ge]([CH3])([CH3])[CH3].[Ir]. The normalized spacial score (nSPS) is 12.1. The summed E-state index contributed by atoms with van der Waals surface area (Å²) in [6.07, 6.45) is 1.93. The molecule has 0 aliphatic carbocycles. The van der Waals surface area contributed by atoms with Gasteiger partial charge in [-0.2, -0.15) is 0 Å². The van der Waals surface area contributed by atoms with Crippen LogP contribution in [0.5, 0.6) is 0 Å². The number of furan rings is 1. The summed E-state index contributed by atoms with van der Waals surface area (Å²) in [5.41, 5.74) is 15.3. The first-order valence-corrected chi connectivity index (χ1v) is 30.5. The van der Waals surface area contributed by atoms with Gasteiger partial charge in [0.1, 0.15) is 0 Å². The van der Waals surface area contributed by atoms with Gasteiger partial charge in [-0.1, -0.05) is 87.7 Å². The van der Waals surface area contributed by atoms with Gasteiger partial charge < -0.3 is 8.98 Å². The number of hydrogen-bond donors (Lipinski definition) is 0. The number of nitrogens with zero attached hydrogens (tertiary/aromatic N) is 4. The van der Waals surface area contributed by atoms with Crippen LogP contribution in [0.25, 0.3) is 83.7 Å². The molecule has 0 atom stereocenters. The van der Waals surface area contributed by atoms with Crippen LogP contribution in [0.1, 0.15) is 83.0 Å². The minimum absolute atomic E-state index is 0. The number of imidazole rings is 1. The van der Waals surface area contributed by atoms with Gasteiger partial charge in [0.25, 0.3) is 0 Å². The van der Waals surface area contributed by atoms with Gasteiger partial charge in [0.15, 0.2) is 0 Å². The number of para-hydroxylation sites is 2. The van der Waals surface area contributed by atoms with Crippen LogP contribution in [0.2, 0.25) is 17.3 Å². The number of rotatable bonds is 9. The minimum atomic E-state index is -2.17. The molecule has 0 aliphatic rings. The van der Waals surface area contributed by atoms with Gasteiger partial charge in [-0.25, -0.2) is 4.98 Å². The Bertz CT molecular complexity index is 3430. The van der Waals surface area contributed by atoms with E-state index in [1.165, 1.54) is 38.4 Å². The molecule has 4 aromatic heterocycles. The average molecular weight is 1130 g/mol. The van der Waals surface area contributed by atoms with Crippen LogP contribution in [0.3, 0.4) is 0 Å². The molecule has 0 N–H and O–H groups in total. The second kappa shape index (κ2) is 19.9. The van der Waals surface area contributed by atoms with Gasteiger partial charge in [0, 0.05) is 36.9 Å². The molecule has 0 amide bonds. The zero-order chi connectivity index (χ0) is 48.1. The summed E-state index contributed by atoms with van der Waals surface area (Å²) in [4.78, 5) is 14.5. The summed E-state index contributed by atoms with van der Waals surface area (Å²) in [5.74, 6) is 7.37. The van der Waals surface area contributed by atoms with E-state index in [-0.39, 0.29) is 25.9 Å². The Kier molecular flexibility index (Phi) is 13.8. The van der Waals surface area contributed by atoms with Crippen molar-refractivity contribution < 1.29 is 30.3 Å². The van der Waals surface area contributed by atoms with E-state index in [4.69, 9.17) is 10.8 Å². The summed E-state index contributed by atoms with van der Waals surface area (Å²) in [6, 6.07) is 53.3. The van der Waals surface area contributed by atoms with Crippen molar-refractivity contribution in [1.29, 1.82) is 0 Å². The second-order valence-electron chi connectivity index (χ2n) is 19.3. The number of fused-ring (bicyclic) bond motifs is 4. The predicted octanol–water partition coefficient (Wildman–Crippen LogP) is 16.0. The Morgan fingerprint density at radius 1 is 0.676 bits per heavy atom.